The first-order chi connectivity index (χ1) is 15.1. The summed E-state index contributed by atoms with van der Waals surface area (Å²) in [5, 5.41) is 0. The molecule has 174 valence electrons. The van der Waals surface area contributed by atoms with Gasteiger partial charge in [-0.1, -0.05) is 69.4 Å². The summed E-state index contributed by atoms with van der Waals surface area (Å²) in [7, 11) is 6.75. The summed E-state index contributed by atoms with van der Waals surface area (Å²) in [5.74, 6) is -0.196. The zero-order valence-corrected chi connectivity index (χ0v) is 22.9. The number of halogens is 2. The maximum absolute atomic E-state index is 12.8. The molecule has 0 radical (unpaired) electrons. The molecule has 2 aliphatic rings. The Hall–Kier alpha value is -1.44. The third-order valence-corrected chi connectivity index (χ3v) is 8.24. The highest BCUT2D eigenvalue weighted by Crippen LogP contribution is 2.23. The summed E-state index contributed by atoms with van der Waals surface area (Å²) in [6.07, 6.45) is 0.862. The number of nitrogens with zero attached hydrogens (tertiary/aromatic N) is 4. The topological polar surface area (TPSA) is 81.2 Å². The van der Waals surface area contributed by atoms with Gasteiger partial charge in [-0.15, -0.1) is 0 Å². The van der Waals surface area contributed by atoms with E-state index in [-0.39, 0.29) is 23.6 Å². The number of likely N-dealkylation sites (N-methyl/N-ethyl adjacent to an activating group) is 4. The summed E-state index contributed by atoms with van der Waals surface area (Å²) < 4.78 is 1.13. The Morgan fingerprint density at radius 2 is 0.812 bits per heavy atom. The zero-order valence-electron chi connectivity index (χ0n) is 18.6. The van der Waals surface area contributed by atoms with Crippen LogP contribution >= 0.6 is 45.2 Å². The molecule has 2 heterocycles. The molecular formula is C22H28I2N4O4. The molecule has 2 saturated heterocycles. The molecule has 0 saturated carbocycles. The lowest BCUT2D eigenvalue weighted by Gasteiger charge is -2.41. The second kappa shape index (κ2) is 10.2. The fourth-order valence-corrected chi connectivity index (χ4v) is 6.20. The molecule has 4 unspecified atom stereocenters. The van der Waals surface area contributed by atoms with Crippen LogP contribution in [-0.2, 0) is 32.0 Å². The molecular weight excluding hydrogens is 638 g/mol. The van der Waals surface area contributed by atoms with Gasteiger partial charge in [0.05, 0.1) is 0 Å². The van der Waals surface area contributed by atoms with Crippen molar-refractivity contribution in [3.8, 4) is 0 Å². The molecule has 2 fully saturated rings. The molecule has 0 aromatic heterocycles. The van der Waals surface area contributed by atoms with Crippen LogP contribution in [0.4, 0.5) is 0 Å². The number of carbonyl (C=O) groups excluding carboxylic acids is 4. The molecule has 3 rings (SSSR count). The van der Waals surface area contributed by atoms with Crippen molar-refractivity contribution in [2.24, 2.45) is 0 Å². The van der Waals surface area contributed by atoms with E-state index in [1.807, 2.05) is 24.3 Å². The minimum atomic E-state index is -0.528. The lowest BCUT2D eigenvalue weighted by molar-refractivity contribution is -0.157. The average Bonchev–Trinajstić information content (AvgIpc) is 2.79. The lowest BCUT2D eigenvalue weighted by atomic mass is 9.96. The molecule has 32 heavy (non-hydrogen) atoms. The van der Waals surface area contributed by atoms with Crippen LogP contribution in [0.3, 0.4) is 0 Å². The summed E-state index contributed by atoms with van der Waals surface area (Å²) >= 11 is 4.26. The Balaban J connectivity index is 1.70. The molecule has 0 spiro atoms. The van der Waals surface area contributed by atoms with E-state index in [9.17, 15) is 19.2 Å². The molecule has 2 aliphatic heterocycles. The Labute approximate surface area is 215 Å². The minimum absolute atomic E-state index is 0.0411. The molecule has 10 heteroatoms. The van der Waals surface area contributed by atoms with Gasteiger partial charge in [-0.05, 0) is 11.1 Å². The Morgan fingerprint density at radius 3 is 1.09 bits per heavy atom. The van der Waals surface area contributed by atoms with Crippen LogP contribution in [0, 0.1) is 0 Å². The number of hydrogen-bond donors (Lipinski definition) is 0. The molecule has 0 bridgehead atoms. The SMILES string of the molecule is CN1C(=O)C(Cc2ccc(CC3C(=O)N(C)C(CI)C(=O)N3C)cc2)N(C)C(=O)C1CI. The first-order valence-electron chi connectivity index (χ1n) is 10.4. The molecule has 1 aromatic carbocycles. The van der Waals surface area contributed by atoms with Crippen LogP contribution in [0.5, 0.6) is 0 Å². The number of piperazine rings is 2. The predicted molar refractivity (Wildman–Crippen MR) is 138 cm³/mol. The molecule has 4 amide bonds. The fraction of sp³-hybridized carbons (Fsp3) is 0.545. The van der Waals surface area contributed by atoms with Gasteiger partial charge in [0.2, 0.25) is 23.6 Å². The number of rotatable bonds is 6. The molecule has 0 aliphatic carbocycles. The number of benzene rings is 1. The van der Waals surface area contributed by atoms with Gasteiger partial charge >= 0.3 is 0 Å². The van der Waals surface area contributed by atoms with Crippen LogP contribution in [0.25, 0.3) is 0 Å². The Bertz CT molecular complexity index is 837. The molecule has 1 aromatic rings. The van der Waals surface area contributed by atoms with Crippen LogP contribution in [0.15, 0.2) is 24.3 Å². The van der Waals surface area contributed by atoms with Gasteiger partial charge in [0.15, 0.2) is 0 Å². The van der Waals surface area contributed by atoms with E-state index in [4.69, 9.17) is 0 Å². The maximum Gasteiger partial charge on any atom is 0.246 e. The van der Waals surface area contributed by atoms with Crippen molar-refractivity contribution in [3.05, 3.63) is 35.4 Å². The van der Waals surface area contributed by atoms with Crippen LogP contribution in [0.1, 0.15) is 11.1 Å². The van der Waals surface area contributed by atoms with Gasteiger partial charge in [0, 0.05) is 49.9 Å². The molecule has 4 atom stereocenters. The van der Waals surface area contributed by atoms with E-state index in [2.05, 4.69) is 45.2 Å². The highest BCUT2D eigenvalue weighted by molar-refractivity contribution is 14.1. The van der Waals surface area contributed by atoms with Crippen molar-refractivity contribution >= 4 is 68.8 Å². The zero-order chi connectivity index (χ0) is 23.7. The summed E-state index contributed by atoms with van der Waals surface area (Å²) in [5.41, 5.74) is 1.88. The average molecular weight is 666 g/mol. The summed E-state index contributed by atoms with van der Waals surface area (Å²) in [4.78, 5) is 57.1. The van der Waals surface area contributed by atoms with E-state index in [0.29, 0.717) is 21.7 Å². The van der Waals surface area contributed by atoms with Gasteiger partial charge in [0.25, 0.3) is 0 Å². The standard InChI is InChI=1S/C22H28I2N4O4/c1-25-15(19(29)27(3)17(11-23)21(25)31)9-13-5-7-14(8-6-13)10-16-20(30)28(4)18(12-24)22(32)26(16)2/h5-8,15-18H,9-12H2,1-4H3. The fourth-order valence-electron chi connectivity index (χ4n) is 4.26. The van der Waals surface area contributed by atoms with Gasteiger partial charge in [-0.25, -0.2) is 0 Å². The first kappa shape index (κ1) is 25.2. The number of carbonyl (C=O) groups is 4. The third-order valence-electron chi connectivity index (χ3n) is 6.57. The van der Waals surface area contributed by atoms with Crippen molar-refractivity contribution in [2.45, 2.75) is 37.0 Å². The number of amides is 4. The van der Waals surface area contributed by atoms with Gasteiger partial charge < -0.3 is 19.6 Å². The number of hydrogen-bond acceptors (Lipinski definition) is 4. The van der Waals surface area contributed by atoms with Crippen molar-refractivity contribution in [1.82, 2.24) is 19.6 Å². The Morgan fingerprint density at radius 1 is 0.562 bits per heavy atom. The van der Waals surface area contributed by atoms with Crippen LogP contribution < -0.4 is 0 Å². The second-order valence-corrected chi connectivity index (χ2v) is 10.2. The maximum atomic E-state index is 12.8. The van der Waals surface area contributed by atoms with E-state index in [0.717, 1.165) is 11.1 Å². The van der Waals surface area contributed by atoms with Crippen molar-refractivity contribution in [1.29, 1.82) is 0 Å². The Kier molecular flexibility index (Phi) is 8.05. The van der Waals surface area contributed by atoms with E-state index >= 15 is 0 Å². The summed E-state index contributed by atoms with van der Waals surface area (Å²) in [6.45, 7) is 0. The highest BCUT2D eigenvalue weighted by atomic mass is 127. The van der Waals surface area contributed by atoms with Crippen molar-refractivity contribution < 1.29 is 19.2 Å². The van der Waals surface area contributed by atoms with Crippen LogP contribution in [0.2, 0.25) is 0 Å². The van der Waals surface area contributed by atoms with Gasteiger partial charge in [-0.3, -0.25) is 19.2 Å². The predicted octanol–water partition coefficient (Wildman–Crippen LogP) is 0.977. The van der Waals surface area contributed by atoms with E-state index in [1.165, 1.54) is 0 Å². The van der Waals surface area contributed by atoms with Crippen molar-refractivity contribution in [2.75, 3.05) is 37.0 Å². The number of alkyl halides is 2. The summed E-state index contributed by atoms with van der Waals surface area (Å²) in [6, 6.07) is 5.83. The molecule has 8 nitrogen and oxygen atoms in total. The second-order valence-electron chi connectivity index (χ2n) is 8.39. The first-order valence-corrected chi connectivity index (χ1v) is 13.4. The smallest absolute Gasteiger partial charge is 0.246 e. The van der Waals surface area contributed by atoms with E-state index < -0.39 is 24.2 Å². The van der Waals surface area contributed by atoms with Crippen molar-refractivity contribution in [3.63, 3.8) is 0 Å². The highest BCUT2D eigenvalue weighted by Gasteiger charge is 2.43. The van der Waals surface area contributed by atoms with E-state index in [1.54, 1.807) is 47.8 Å². The van der Waals surface area contributed by atoms with Gasteiger partial charge in [0.1, 0.15) is 24.2 Å². The van der Waals surface area contributed by atoms with Gasteiger partial charge in [-0.2, -0.15) is 0 Å². The van der Waals surface area contributed by atoms with Crippen LogP contribution in [-0.4, -0.2) is 104 Å². The lowest BCUT2D eigenvalue weighted by Crippen LogP contribution is -2.63. The largest absolute Gasteiger partial charge is 0.332 e. The third kappa shape index (κ3) is 4.62. The quantitative estimate of drug-likeness (QED) is 0.335. The normalized spacial score (nSPS) is 26.9. The monoisotopic (exact) mass is 666 g/mol. The minimum Gasteiger partial charge on any atom is -0.332 e. The molecule has 0 N–H and O–H groups in total.